The summed E-state index contributed by atoms with van der Waals surface area (Å²) in [4.78, 5) is 0. The average Bonchev–Trinajstić information content (AvgIpc) is 3.18. The molecule has 0 heterocycles. The fourth-order valence-electron chi connectivity index (χ4n) is 9.17. The zero-order valence-corrected chi connectivity index (χ0v) is 33.7. The van der Waals surface area contributed by atoms with Crippen molar-refractivity contribution in [3.8, 4) is 0 Å². The third-order valence-corrected chi connectivity index (χ3v) is 12.2. The van der Waals surface area contributed by atoms with E-state index >= 15 is 0 Å². The first-order valence-corrected chi connectivity index (χ1v) is 22.1. The summed E-state index contributed by atoms with van der Waals surface area (Å²) in [5.74, 6) is 1.71. The Hall–Kier alpha value is -3.12. The second kappa shape index (κ2) is 22.2. The molecule has 5 rings (SSSR count). The molecule has 52 heavy (non-hydrogen) atoms. The van der Waals surface area contributed by atoms with E-state index in [1.807, 2.05) is 0 Å². The molecule has 0 saturated heterocycles. The van der Waals surface area contributed by atoms with E-state index in [1.165, 1.54) is 173 Å². The third kappa shape index (κ3) is 11.4. The van der Waals surface area contributed by atoms with Gasteiger partial charge in [-0.1, -0.05) is 227 Å². The molecule has 0 amide bonds. The molecule has 1 aliphatic rings. The molecule has 0 radical (unpaired) electrons. The Morgan fingerprint density at radius 3 is 0.635 bits per heavy atom. The highest BCUT2D eigenvalue weighted by atomic mass is 14.3. The first kappa shape index (κ1) is 40.1. The maximum Gasteiger partial charge on any atom is 0.00895 e. The van der Waals surface area contributed by atoms with Crippen molar-refractivity contribution >= 4 is 0 Å². The summed E-state index contributed by atoms with van der Waals surface area (Å²) < 4.78 is 0. The number of hydrogen-bond acceptors (Lipinski definition) is 0. The van der Waals surface area contributed by atoms with Gasteiger partial charge in [0.25, 0.3) is 0 Å². The molecule has 0 aliphatic heterocycles. The summed E-state index contributed by atoms with van der Waals surface area (Å²) in [6.45, 7) is 9.33. The first-order valence-electron chi connectivity index (χ1n) is 22.1. The van der Waals surface area contributed by atoms with Gasteiger partial charge in [-0.15, -0.1) is 0 Å². The van der Waals surface area contributed by atoms with E-state index in [0.29, 0.717) is 23.7 Å². The van der Waals surface area contributed by atoms with Crippen molar-refractivity contribution in [1.29, 1.82) is 0 Å². The highest BCUT2D eigenvalue weighted by Crippen LogP contribution is 2.41. The number of hydrogen-bond donors (Lipinski definition) is 0. The van der Waals surface area contributed by atoms with E-state index in [-0.39, 0.29) is 0 Å². The minimum atomic E-state index is 0.427. The highest BCUT2D eigenvalue weighted by Gasteiger charge is 2.24. The normalized spacial score (nSPS) is 18.4. The summed E-state index contributed by atoms with van der Waals surface area (Å²) in [7, 11) is 0. The summed E-state index contributed by atoms with van der Waals surface area (Å²) >= 11 is 0. The van der Waals surface area contributed by atoms with Crippen molar-refractivity contribution in [3.63, 3.8) is 0 Å². The van der Waals surface area contributed by atoms with Crippen LogP contribution in [0, 0.1) is 0 Å². The molecule has 280 valence electrons. The topological polar surface area (TPSA) is 0 Å². The van der Waals surface area contributed by atoms with Crippen molar-refractivity contribution in [2.45, 2.75) is 180 Å². The molecule has 0 spiro atoms. The Kier molecular flexibility index (Phi) is 17.1. The second-order valence-electron chi connectivity index (χ2n) is 16.3. The Morgan fingerprint density at radius 1 is 0.269 bits per heavy atom. The predicted molar refractivity (Wildman–Crippen MR) is 228 cm³/mol. The predicted octanol–water partition coefficient (Wildman–Crippen LogP) is 16.4. The standard InChI is InChI=1S/C52H72/c1-5-9-13-17-33-49-41-25-21-27-43(37-41)50(34-18-14-10-6-2)45-29-23-31-47(39-45)52(36-20-16-12-8-4)48-32-24-30-46(40-48)51(35-19-15-11-7-3)44-28-22-26-42(49)38-44/h21-32,37-40,49-52H,5-20,33-36H2,1-4H3. The highest BCUT2D eigenvalue weighted by molar-refractivity contribution is 5.46. The largest absolute Gasteiger partial charge is 0.0654 e. The van der Waals surface area contributed by atoms with E-state index in [2.05, 4.69) is 125 Å². The van der Waals surface area contributed by atoms with Gasteiger partial charge in [-0.25, -0.2) is 0 Å². The lowest BCUT2D eigenvalue weighted by atomic mass is 9.78. The summed E-state index contributed by atoms with van der Waals surface area (Å²) in [6, 6.07) is 39.7. The van der Waals surface area contributed by atoms with Gasteiger partial charge in [0.05, 0.1) is 0 Å². The van der Waals surface area contributed by atoms with E-state index in [0.717, 1.165) is 0 Å². The van der Waals surface area contributed by atoms with Crippen LogP contribution in [0.25, 0.3) is 0 Å². The average molecular weight is 697 g/mol. The van der Waals surface area contributed by atoms with Gasteiger partial charge < -0.3 is 0 Å². The zero-order chi connectivity index (χ0) is 36.4. The molecule has 0 N–H and O–H groups in total. The Bertz CT molecular complexity index is 1260. The summed E-state index contributed by atoms with van der Waals surface area (Å²) in [6.07, 6.45) is 25.8. The molecule has 1 aliphatic carbocycles. The van der Waals surface area contributed by atoms with Crippen molar-refractivity contribution in [2.75, 3.05) is 0 Å². The number of fused-ring (bicyclic) bond motifs is 8. The van der Waals surface area contributed by atoms with Crippen LogP contribution in [0.5, 0.6) is 0 Å². The lowest BCUT2D eigenvalue weighted by Gasteiger charge is -2.27. The molecule has 8 bridgehead atoms. The smallest absolute Gasteiger partial charge is 0.00895 e. The van der Waals surface area contributed by atoms with Crippen molar-refractivity contribution in [3.05, 3.63) is 142 Å². The molecule has 4 aromatic carbocycles. The fraction of sp³-hybridized carbons (Fsp3) is 0.538. The second-order valence-corrected chi connectivity index (χ2v) is 16.3. The molecule has 0 aromatic heterocycles. The van der Waals surface area contributed by atoms with Gasteiger partial charge in [0.15, 0.2) is 0 Å². The third-order valence-electron chi connectivity index (χ3n) is 12.2. The SMILES string of the molecule is CCCCCCC1c2cccc(c2)C(CCCCCC)c2cccc(c2)C(CCCCCC)c2cccc(c2)C(CCCCCC)c2cccc1c2. The van der Waals surface area contributed by atoms with Gasteiger partial charge in [-0.3, -0.25) is 0 Å². The number of unbranched alkanes of at least 4 members (excludes halogenated alkanes) is 12. The van der Waals surface area contributed by atoms with E-state index in [4.69, 9.17) is 0 Å². The summed E-state index contributed by atoms with van der Waals surface area (Å²) in [5.41, 5.74) is 12.1. The molecular weight excluding hydrogens is 625 g/mol. The minimum Gasteiger partial charge on any atom is -0.0654 e. The first-order chi connectivity index (χ1) is 25.7. The number of benzene rings is 4. The van der Waals surface area contributed by atoms with Crippen LogP contribution in [0.1, 0.15) is 224 Å². The minimum absolute atomic E-state index is 0.427. The molecule has 0 unspecified atom stereocenters. The van der Waals surface area contributed by atoms with Gasteiger partial charge in [0.1, 0.15) is 0 Å². The van der Waals surface area contributed by atoms with Crippen molar-refractivity contribution < 1.29 is 0 Å². The molecule has 0 nitrogen and oxygen atoms in total. The summed E-state index contributed by atoms with van der Waals surface area (Å²) in [5, 5.41) is 0. The Balaban J connectivity index is 1.67. The fourth-order valence-corrected chi connectivity index (χ4v) is 9.17. The van der Waals surface area contributed by atoms with E-state index < -0.39 is 0 Å². The lowest BCUT2D eigenvalue weighted by Crippen LogP contribution is -2.10. The Morgan fingerprint density at radius 2 is 0.462 bits per heavy atom. The van der Waals surface area contributed by atoms with Crippen molar-refractivity contribution in [2.24, 2.45) is 0 Å². The van der Waals surface area contributed by atoms with Gasteiger partial charge in [0.2, 0.25) is 0 Å². The molecule has 4 aromatic rings. The van der Waals surface area contributed by atoms with Gasteiger partial charge in [0, 0.05) is 23.7 Å². The van der Waals surface area contributed by atoms with E-state index in [1.54, 1.807) is 0 Å². The van der Waals surface area contributed by atoms with Crippen LogP contribution < -0.4 is 0 Å². The quantitative estimate of drug-likeness (QED) is 0.0807. The maximum absolute atomic E-state index is 2.63. The Labute approximate surface area is 320 Å². The number of rotatable bonds is 20. The van der Waals surface area contributed by atoms with Gasteiger partial charge in [-0.2, -0.15) is 0 Å². The molecule has 0 heteroatoms. The van der Waals surface area contributed by atoms with Crippen LogP contribution in [0.4, 0.5) is 0 Å². The van der Waals surface area contributed by atoms with Gasteiger partial charge in [-0.05, 0) is 70.2 Å². The lowest BCUT2D eigenvalue weighted by molar-refractivity contribution is 0.582. The van der Waals surface area contributed by atoms with Crippen molar-refractivity contribution in [1.82, 2.24) is 0 Å². The maximum atomic E-state index is 2.63. The van der Waals surface area contributed by atoms with Crippen LogP contribution in [0.15, 0.2) is 97.1 Å². The van der Waals surface area contributed by atoms with E-state index in [9.17, 15) is 0 Å². The van der Waals surface area contributed by atoms with Gasteiger partial charge >= 0.3 is 0 Å². The molecule has 0 fully saturated rings. The molecular formula is C52H72. The zero-order valence-electron chi connectivity index (χ0n) is 33.7. The molecule has 0 atom stereocenters. The van der Waals surface area contributed by atoms with Crippen LogP contribution in [0.3, 0.4) is 0 Å². The van der Waals surface area contributed by atoms with Crippen LogP contribution >= 0.6 is 0 Å². The van der Waals surface area contributed by atoms with Crippen LogP contribution in [-0.4, -0.2) is 0 Å². The monoisotopic (exact) mass is 697 g/mol. The molecule has 0 saturated carbocycles. The van der Waals surface area contributed by atoms with Crippen LogP contribution in [-0.2, 0) is 0 Å². The van der Waals surface area contributed by atoms with Crippen LogP contribution in [0.2, 0.25) is 0 Å².